The van der Waals surface area contributed by atoms with Crippen molar-refractivity contribution in [2.75, 3.05) is 17.2 Å². The number of rotatable bonds is 7. The van der Waals surface area contributed by atoms with Crippen LogP contribution < -0.4 is 10.6 Å². The molecule has 0 saturated carbocycles. The van der Waals surface area contributed by atoms with Gasteiger partial charge in [-0.2, -0.15) is 0 Å². The van der Waals surface area contributed by atoms with E-state index in [0.717, 1.165) is 25.2 Å². The number of carbonyl (C=O) groups excluding carboxylic acids is 1. The van der Waals surface area contributed by atoms with Gasteiger partial charge < -0.3 is 10.6 Å². The van der Waals surface area contributed by atoms with E-state index >= 15 is 0 Å². The van der Waals surface area contributed by atoms with Crippen molar-refractivity contribution in [1.82, 2.24) is 4.98 Å². The largest absolute Gasteiger partial charge is 0.370 e. The lowest BCUT2D eigenvalue weighted by Gasteiger charge is -2.08. The SMILES string of the molecule is O=C(Nc1ccc(NCCCc2ccccc2)nc1)c1ccc(F)cc1. The van der Waals surface area contributed by atoms with Crippen molar-refractivity contribution in [1.29, 1.82) is 0 Å². The van der Waals surface area contributed by atoms with Gasteiger partial charge in [-0.15, -0.1) is 0 Å². The van der Waals surface area contributed by atoms with Gasteiger partial charge in [0.2, 0.25) is 0 Å². The third-order valence-electron chi connectivity index (χ3n) is 3.92. The van der Waals surface area contributed by atoms with Crippen molar-refractivity contribution >= 4 is 17.4 Å². The first-order valence-corrected chi connectivity index (χ1v) is 8.51. The van der Waals surface area contributed by atoms with E-state index < -0.39 is 0 Å². The Morgan fingerprint density at radius 1 is 0.962 bits per heavy atom. The fourth-order valence-corrected chi connectivity index (χ4v) is 2.53. The fourth-order valence-electron chi connectivity index (χ4n) is 2.53. The second-order valence-electron chi connectivity index (χ2n) is 5.91. The first-order valence-electron chi connectivity index (χ1n) is 8.51. The smallest absolute Gasteiger partial charge is 0.255 e. The molecule has 2 N–H and O–H groups in total. The Balaban J connectivity index is 1.45. The molecule has 0 atom stereocenters. The number of aryl methyl sites for hydroxylation is 1. The van der Waals surface area contributed by atoms with Crippen LogP contribution in [0.2, 0.25) is 0 Å². The molecule has 0 fully saturated rings. The van der Waals surface area contributed by atoms with Crippen LogP contribution in [0, 0.1) is 5.82 Å². The average Bonchev–Trinajstić information content (AvgIpc) is 2.68. The van der Waals surface area contributed by atoms with Gasteiger partial charge in [0, 0.05) is 12.1 Å². The highest BCUT2D eigenvalue weighted by Crippen LogP contribution is 2.12. The second kappa shape index (κ2) is 8.76. The first kappa shape index (κ1) is 17.6. The number of hydrogen-bond donors (Lipinski definition) is 2. The van der Waals surface area contributed by atoms with Crippen LogP contribution in [0.15, 0.2) is 72.9 Å². The van der Waals surface area contributed by atoms with Crippen molar-refractivity contribution in [3.05, 3.63) is 89.9 Å². The number of hydrogen-bond acceptors (Lipinski definition) is 3. The third-order valence-corrected chi connectivity index (χ3v) is 3.92. The monoisotopic (exact) mass is 349 g/mol. The zero-order chi connectivity index (χ0) is 18.2. The van der Waals surface area contributed by atoms with Gasteiger partial charge in [-0.3, -0.25) is 4.79 Å². The van der Waals surface area contributed by atoms with Gasteiger partial charge in [0.1, 0.15) is 11.6 Å². The molecule has 132 valence electrons. The highest BCUT2D eigenvalue weighted by Gasteiger charge is 2.06. The van der Waals surface area contributed by atoms with Gasteiger partial charge in [0.05, 0.1) is 11.9 Å². The van der Waals surface area contributed by atoms with Gasteiger partial charge >= 0.3 is 0 Å². The van der Waals surface area contributed by atoms with Crippen molar-refractivity contribution in [3.63, 3.8) is 0 Å². The molecule has 0 bridgehead atoms. The van der Waals surface area contributed by atoms with Crippen LogP contribution in [0.1, 0.15) is 22.3 Å². The summed E-state index contributed by atoms with van der Waals surface area (Å²) in [5.41, 5.74) is 2.31. The highest BCUT2D eigenvalue weighted by molar-refractivity contribution is 6.04. The summed E-state index contributed by atoms with van der Waals surface area (Å²) in [6.45, 7) is 0.823. The topological polar surface area (TPSA) is 54.0 Å². The number of pyridine rings is 1. The van der Waals surface area contributed by atoms with Crippen LogP contribution in [0.25, 0.3) is 0 Å². The summed E-state index contributed by atoms with van der Waals surface area (Å²) in [5, 5.41) is 6.01. The van der Waals surface area contributed by atoms with Gasteiger partial charge in [0.25, 0.3) is 5.91 Å². The Morgan fingerprint density at radius 3 is 2.42 bits per heavy atom. The predicted octanol–water partition coefficient (Wildman–Crippen LogP) is 4.52. The zero-order valence-electron chi connectivity index (χ0n) is 14.3. The molecule has 0 spiro atoms. The molecule has 0 radical (unpaired) electrons. The summed E-state index contributed by atoms with van der Waals surface area (Å²) >= 11 is 0. The van der Waals surface area contributed by atoms with Gasteiger partial charge in [-0.1, -0.05) is 30.3 Å². The summed E-state index contributed by atoms with van der Waals surface area (Å²) in [4.78, 5) is 16.4. The average molecular weight is 349 g/mol. The number of anilines is 2. The second-order valence-corrected chi connectivity index (χ2v) is 5.91. The molecule has 1 amide bonds. The molecule has 3 aromatic rings. The lowest BCUT2D eigenvalue weighted by Crippen LogP contribution is -2.12. The van der Waals surface area contributed by atoms with E-state index in [1.54, 1.807) is 12.3 Å². The molecule has 0 aliphatic carbocycles. The Bertz CT molecular complexity index is 833. The predicted molar refractivity (Wildman–Crippen MR) is 102 cm³/mol. The lowest BCUT2D eigenvalue weighted by atomic mass is 10.1. The molecule has 4 nitrogen and oxygen atoms in total. The molecule has 0 aliphatic heterocycles. The maximum Gasteiger partial charge on any atom is 0.255 e. The third kappa shape index (κ3) is 5.14. The Labute approximate surface area is 152 Å². The van der Waals surface area contributed by atoms with E-state index in [9.17, 15) is 9.18 Å². The van der Waals surface area contributed by atoms with E-state index in [1.807, 2.05) is 24.3 Å². The maximum atomic E-state index is 12.9. The quantitative estimate of drug-likeness (QED) is 0.617. The van der Waals surface area contributed by atoms with E-state index in [0.29, 0.717) is 11.3 Å². The normalized spacial score (nSPS) is 10.3. The van der Waals surface area contributed by atoms with E-state index in [-0.39, 0.29) is 11.7 Å². The molecule has 1 aromatic heterocycles. The Kier molecular flexibility index (Phi) is 5.93. The Morgan fingerprint density at radius 2 is 1.73 bits per heavy atom. The minimum atomic E-state index is -0.370. The van der Waals surface area contributed by atoms with Crippen LogP contribution in [0.3, 0.4) is 0 Å². The maximum absolute atomic E-state index is 12.9. The molecule has 0 aliphatic rings. The van der Waals surface area contributed by atoms with Crippen LogP contribution in [0.5, 0.6) is 0 Å². The standard InChI is InChI=1S/C21H20FN3O/c22-18-10-8-17(9-11-18)21(26)25-19-12-13-20(24-15-19)23-14-4-7-16-5-2-1-3-6-16/h1-3,5-6,8-13,15H,4,7,14H2,(H,23,24)(H,25,26). The van der Waals surface area contributed by atoms with Gasteiger partial charge in [-0.05, 0) is 54.8 Å². The highest BCUT2D eigenvalue weighted by atomic mass is 19.1. The summed E-state index contributed by atoms with van der Waals surface area (Å²) < 4.78 is 12.9. The first-order chi connectivity index (χ1) is 12.7. The van der Waals surface area contributed by atoms with Gasteiger partial charge in [0.15, 0.2) is 0 Å². The van der Waals surface area contributed by atoms with Crippen LogP contribution in [-0.2, 0) is 6.42 Å². The summed E-state index contributed by atoms with van der Waals surface area (Å²) in [5.74, 6) is 0.0964. The van der Waals surface area contributed by atoms with Crippen LogP contribution in [0.4, 0.5) is 15.9 Å². The molecule has 1 heterocycles. The Hall–Kier alpha value is -3.21. The molecule has 0 unspecified atom stereocenters. The zero-order valence-corrected chi connectivity index (χ0v) is 14.3. The number of amides is 1. The van der Waals surface area contributed by atoms with Crippen molar-refractivity contribution in [2.45, 2.75) is 12.8 Å². The van der Waals surface area contributed by atoms with E-state index in [4.69, 9.17) is 0 Å². The molecule has 26 heavy (non-hydrogen) atoms. The minimum Gasteiger partial charge on any atom is -0.370 e. The van der Waals surface area contributed by atoms with Crippen LogP contribution in [-0.4, -0.2) is 17.4 Å². The lowest BCUT2D eigenvalue weighted by molar-refractivity contribution is 0.102. The number of aromatic nitrogens is 1. The molecule has 2 aromatic carbocycles. The number of nitrogens with zero attached hydrogens (tertiary/aromatic N) is 1. The van der Waals surface area contributed by atoms with Crippen LogP contribution >= 0.6 is 0 Å². The fraction of sp³-hybridized carbons (Fsp3) is 0.143. The minimum absolute atomic E-state index is 0.296. The van der Waals surface area contributed by atoms with Crippen molar-refractivity contribution < 1.29 is 9.18 Å². The van der Waals surface area contributed by atoms with E-state index in [1.165, 1.54) is 29.8 Å². The summed E-state index contributed by atoms with van der Waals surface area (Å²) in [7, 11) is 0. The molecule has 0 saturated heterocycles. The number of benzene rings is 2. The summed E-state index contributed by atoms with van der Waals surface area (Å²) in [6.07, 6.45) is 3.62. The van der Waals surface area contributed by atoms with E-state index in [2.05, 4.69) is 27.8 Å². The molecular formula is C21H20FN3O. The summed E-state index contributed by atoms with van der Waals surface area (Å²) in [6, 6.07) is 19.4. The molecule has 5 heteroatoms. The number of nitrogens with one attached hydrogen (secondary N) is 2. The number of halogens is 1. The number of carbonyl (C=O) groups is 1. The van der Waals surface area contributed by atoms with Gasteiger partial charge in [-0.25, -0.2) is 9.37 Å². The molecular weight excluding hydrogens is 329 g/mol. The van der Waals surface area contributed by atoms with Crippen molar-refractivity contribution in [3.8, 4) is 0 Å². The van der Waals surface area contributed by atoms with Crippen molar-refractivity contribution in [2.24, 2.45) is 0 Å². The molecule has 3 rings (SSSR count).